The Kier molecular flexibility index (Phi) is 4.10. The molecule has 0 bridgehead atoms. The lowest BCUT2D eigenvalue weighted by molar-refractivity contribution is 0.115. The molecule has 1 aliphatic heterocycles. The first-order valence-corrected chi connectivity index (χ1v) is 8.17. The van der Waals surface area contributed by atoms with Crippen LogP contribution in [0.4, 0.5) is 5.82 Å². The van der Waals surface area contributed by atoms with Crippen molar-refractivity contribution in [3.8, 4) is 0 Å². The number of fused-ring (bicyclic) bond motifs is 1. The minimum absolute atomic E-state index is 0.304. The first kappa shape index (κ1) is 14.0. The maximum Gasteiger partial charge on any atom is 0.225 e. The van der Waals surface area contributed by atoms with Gasteiger partial charge < -0.3 is 9.64 Å². The summed E-state index contributed by atoms with van der Waals surface area (Å²) in [4.78, 5) is 13.2. The van der Waals surface area contributed by atoms with Crippen LogP contribution >= 0.6 is 22.9 Å². The van der Waals surface area contributed by atoms with E-state index in [-0.39, 0.29) is 0 Å². The van der Waals surface area contributed by atoms with Gasteiger partial charge in [-0.2, -0.15) is 4.98 Å². The monoisotopic (exact) mass is 311 g/mol. The van der Waals surface area contributed by atoms with Crippen molar-refractivity contribution >= 4 is 39.0 Å². The number of anilines is 1. The molecule has 3 heterocycles. The molecule has 1 saturated heterocycles. The van der Waals surface area contributed by atoms with Gasteiger partial charge in [0.15, 0.2) is 0 Å². The standard InChI is InChI=1S/C14H18ClN3OS/c1-3-18(8-10-5-4-6-19-10)12-11-7-9(2)20-13(11)17-14(15)16-12/h7,10H,3-6,8H2,1-2H3. The second kappa shape index (κ2) is 5.84. The van der Waals surface area contributed by atoms with Gasteiger partial charge >= 0.3 is 0 Å². The molecule has 0 aliphatic carbocycles. The molecule has 0 amide bonds. The fourth-order valence-electron chi connectivity index (χ4n) is 2.64. The molecule has 0 saturated carbocycles. The van der Waals surface area contributed by atoms with Gasteiger partial charge in [-0.05, 0) is 44.4 Å². The Hall–Kier alpha value is -0.910. The molecule has 3 rings (SSSR count). The molecule has 20 heavy (non-hydrogen) atoms. The molecule has 108 valence electrons. The van der Waals surface area contributed by atoms with Crippen molar-refractivity contribution in [3.05, 3.63) is 16.2 Å². The first-order valence-electron chi connectivity index (χ1n) is 6.97. The van der Waals surface area contributed by atoms with Crippen molar-refractivity contribution in [2.24, 2.45) is 0 Å². The minimum Gasteiger partial charge on any atom is -0.376 e. The Morgan fingerprint density at radius 2 is 2.35 bits per heavy atom. The summed E-state index contributed by atoms with van der Waals surface area (Å²) in [5.41, 5.74) is 0. The fraction of sp³-hybridized carbons (Fsp3) is 0.571. The van der Waals surface area contributed by atoms with E-state index in [9.17, 15) is 0 Å². The van der Waals surface area contributed by atoms with Crippen LogP contribution in [0.15, 0.2) is 6.07 Å². The number of thiophene rings is 1. The maximum absolute atomic E-state index is 6.08. The summed E-state index contributed by atoms with van der Waals surface area (Å²) < 4.78 is 5.74. The molecule has 1 unspecified atom stereocenters. The predicted octanol–water partition coefficient (Wildman–Crippen LogP) is 3.66. The van der Waals surface area contributed by atoms with Gasteiger partial charge in [-0.3, -0.25) is 0 Å². The summed E-state index contributed by atoms with van der Waals surface area (Å²) in [5.74, 6) is 0.933. The molecule has 2 aromatic rings. The van der Waals surface area contributed by atoms with Gasteiger partial charge in [0, 0.05) is 24.6 Å². The third-order valence-electron chi connectivity index (χ3n) is 3.60. The topological polar surface area (TPSA) is 38.2 Å². The lowest BCUT2D eigenvalue weighted by Gasteiger charge is -2.25. The average Bonchev–Trinajstić information content (AvgIpc) is 3.03. The van der Waals surface area contributed by atoms with Gasteiger partial charge in [0.1, 0.15) is 10.6 Å². The van der Waals surface area contributed by atoms with Crippen LogP contribution in [0.1, 0.15) is 24.6 Å². The van der Waals surface area contributed by atoms with Crippen molar-refractivity contribution in [3.63, 3.8) is 0 Å². The van der Waals surface area contributed by atoms with E-state index in [0.717, 1.165) is 48.6 Å². The van der Waals surface area contributed by atoms with E-state index in [2.05, 4.69) is 34.8 Å². The summed E-state index contributed by atoms with van der Waals surface area (Å²) in [6.45, 7) is 6.85. The first-order chi connectivity index (χ1) is 9.67. The lowest BCUT2D eigenvalue weighted by atomic mass is 10.2. The highest BCUT2D eigenvalue weighted by Gasteiger charge is 2.21. The molecule has 0 radical (unpaired) electrons. The number of nitrogens with zero attached hydrogens (tertiary/aromatic N) is 3. The molecule has 6 heteroatoms. The average molecular weight is 312 g/mol. The van der Waals surface area contributed by atoms with Gasteiger partial charge in [-0.15, -0.1) is 11.3 Å². The van der Waals surface area contributed by atoms with Crippen LogP contribution < -0.4 is 4.90 Å². The fourth-order valence-corrected chi connectivity index (χ4v) is 3.73. The largest absolute Gasteiger partial charge is 0.376 e. The van der Waals surface area contributed by atoms with Crippen molar-refractivity contribution in [1.82, 2.24) is 9.97 Å². The van der Waals surface area contributed by atoms with Crippen LogP contribution in [0.5, 0.6) is 0 Å². The van der Waals surface area contributed by atoms with Gasteiger partial charge in [0.05, 0.1) is 11.5 Å². The SMILES string of the molecule is CCN(CC1CCCO1)c1nc(Cl)nc2sc(C)cc12. The van der Waals surface area contributed by atoms with Crippen molar-refractivity contribution in [1.29, 1.82) is 0 Å². The Balaban J connectivity index is 1.97. The predicted molar refractivity (Wildman–Crippen MR) is 84.0 cm³/mol. The van der Waals surface area contributed by atoms with Crippen LogP contribution in [-0.2, 0) is 4.74 Å². The molecule has 0 spiro atoms. The molecular formula is C14H18ClN3OS. The van der Waals surface area contributed by atoms with E-state index in [0.29, 0.717) is 11.4 Å². The Bertz CT molecular complexity index is 610. The van der Waals surface area contributed by atoms with E-state index in [1.165, 1.54) is 4.88 Å². The molecule has 1 fully saturated rings. The highest BCUT2D eigenvalue weighted by atomic mass is 35.5. The normalized spacial score (nSPS) is 18.9. The Morgan fingerprint density at radius 1 is 1.50 bits per heavy atom. The summed E-state index contributed by atoms with van der Waals surface area (Å²) in [6, 6.07) is 2.14. The summed E-state index contributed by atoms with van der Waals surface area (Å²) in [7, 11) is 0. The summed E-state index contributed by atoms with van der Waals surface area (Å²) >= 11 is 7.73. The van der Waals surface area contributed by atoms with E-state index in [1.807, 2.05) is 0 Å². The van der Waals surface area contributed by atoms with Gasteiger partial charge in [0.2, 0.25) is 5.28 Å². The van der Waals surface area contributed by atoms with Gasteiger partial charge in [-0.1, -0.05) is 0 Å². The van der Waals surface area contributed by atoms with Gasteiger partial charge in [-0.25, -0.2) is 4.98 Å². The van der Waals surface area contributed by atoms with Crippen LogP contribution in [0.25, 0.3) is 10.2 Å². The summed E-state index contributed by atoms with van der Waals surface area (Å²) in [6.07, 6.45) is 2.58. The number of aryl methyl sites for hydroxylation is 1. The highest BCUT2D eigenvalue weighted by molar-refractivity contribution is 7.18. The van der Waals surface area contributed by atoms with Crippen molar-refractivity contribution < 1.29 is 4.74 Å². The van der Waals surface area contributed by atoms with E-state index >= 15 is 0 Å². The number of rotatable bonds is 4. The van der Waals surface area contributed by atoms with E-state index in [4.69, 9.17) is 16.3 Å². The van der Waals surface area contributed by atoms with Crippen LogP contribution in [0.2, 0.25) is 5.28 Å². The zero-order chi connectivity index (χ0) is 14.1. The Morgan fingerprint density at radius 3 is 3.05 bits per heavy atom. The molecule has 0 N–H and O–H groups in total. The third-order valence-corrected chi connectivity index (χ3v) is 4.71. The minimum atomic E-state index is 0.304. The number of hydrogen-bond acceptors (Lipinski definition) is 5. The molecule has 1 atom stereocenters. The van der Waals surface area contributed by atoms with E-state index < -0.39 is 0 Å². The second-order valence-electron chi connectivity index (χ2n) is 5.07. The summed E-state index contributed by atoms with van der Waals surface area (Å²) in [5, 5.41) is 1.41. The van der Waals surface area contributed by atoms with Crippen molar-refractivity contribution in [2.75, 3.05) is 24.6 Å². The Labute approximate surface area is 127 Å². The maximum atomic E-state index is 6.08. The molecule has 1 aliphatic rings. The van der Waals surface area contributed by atoms with Crippen LogP contribution in [0, 0.1) is 6.92 Å². The quantitative estimate of drug-likeness (QED) is 0.808. The zero-order valence-electron chi connectivity index (χ0n) is 11.7. The van der Waals surface area contributed by atoms with Gasteiger partial charge in [0.25, 0.3) is 0 Å². The van der Waals surface area contributed by atoms with E-state index in [1.54, 1.807) is 11.3 Å². The number of aromatic nitrogens is 2. The van der Waals surface area contributed by atoms with Crippen LogP contribution in [0.3, 0.4) is 0 Å². The number of hydrogen-bond donors (Lipinski definition) is 0. The lowest BCUT2D eigenvalue weighted by Crippen LogP contribution is -2.32. The zero-order valence-corrected chi connectivity index (χ0v) is 13.3. The molecule has 0 aromatic carbocycles. The third kappa shape index (κ3) is 2.75. The molecule has 2 aromatic heterocycles. The number of likely N-dealkylation sites (N-methyl/N-ethyl adjacent to an activating group) is 1. The molecule has 4 nitrogen and oxygen atoms in total. The second-order valence-corrected chi connectivity index (χ2v) is 6.64. The number of ether oxygens (including phenoxy) is 1. The highest BCUT2D eigenvalue weighted by Crippen LogP contribution is 2.32. The smallest absolute Gasteiger partial charge is 0.225 e. The van der Waals surface area contributed by atoms with Crippen molar-refractivity contribution in [2.45, 2.75) is 32.8 Å². The van der Waals surface area contributed by atoms with Crippen LogP contribution in [-0.4, -0.2) is 35.8 Å². The molecular weight excluding hydrogens is 294 g/mol. The number of halogens is 1.